The molecular formula is C14H25NO. The summed E-state index contributed by atoms with van der Waals surface area (Å²) >= 11 is 0. The molecule has 0 N–H and O–H groups in total. The fraction of sp³-hybridized carbons (Fsp3) is 0.786. The molecule has 0 radical (unpaired) electrons. The monoisotopic (exact) mass is 223 g/mol. The van der Waals surface area contributed by atoms with Crippen molar-refractivity contribution >= 4 is 5.78 Å². The maximum atomic E-state index is 12.5. The first kappa shape index (κ1) is 13.4. The molecule has 2 nitrogen and oxygen atoms in total. The Balaban J connectivity index is 3.03. The van der Waals surface area contributed by atoms with Crippen LogP contribution in [-0.4, -0.2) is 28.8 Å². The highest BCUT2D eigenvalue weighted by atomic mass is 16.1. The molecule has 0 bridgehead atoms. The van der Waals surface area contributed by atoms with E-state index in [2.05, 4.69) is 25.3 Å². The number of ketones is 1. The van der Waals surface area contributed by atoms with Gasteiger partial charge in [-0.2, -0.15) is 0 Å². The van der Waals surface area contributed by atoms with E-state index in [9.17, 15) is 4.79 Å². The number of likely N-dealkylation sites (tertiary alicyclic amines) is 1. The van der Waals surface area contributed by atoms with Crippen molar-refractivity contribution < 1.29 is 4.79 Å². The highest BCUT2D eigenvalue weighted by Gasteiger charge is 2.47. The van der Waals surface area contributed by atoms with Crippen molar-refractivity contribution in [2.45, 2.75) is 58.5 Å². The first-order valence-corrected chi connectivity index (χ1v) is 6.37. The molecule has 1 fully saturated rings. The summed E-state index contributed by atoms with van der Waals surface area (Å²) in [6, 6.07) is 0.435. The molecule has 0 aliphatic carbocycles. The van der Waals surface area contributed by atoms with Crippen LogP contribution >= 0.6 is 0 Å². The Morgan fingerprint density at radius 1 is 1.44 bits per heavy atom. The number of carbonyl (C=O) groups excluding carboxylic acids is 1. The third-order valence-electron chi connectivity index (χ3n) is 3.63. The molecular weight excluding hydrogens is 198 g/mol. The topological polar surface area (TPSA) is 20.3 Å². The molecule has 1 aliphatic heterocycles. The number of carbonyl (C=O) groups is 1. The zero-order chi connectivity index (χ0) is 12.3. The molecule has 1 atom stereocenters. The lowest BCUT2D eigenvalue weighted by Crippen LogP contribution is -2.54. The van der Waals surface area contributed by atoms with Gasteiger partial charge in [-0.05, 0) is 39.7 Å². The average Bonchev–Trinajstić information content (AvgIpc) is 2.62. The lowest BCUT2D eigenvalue weighted by Gasteiger charge is -2.40. The van der Waals surface area contributed by atoms with Crippen LogP contribution in [0.15, 0.2) is 12.7 Å². The smallest absolute Gasteiger partial charge is 0.155 e. The third kappa shape index (κ3) is 2.22. The van der Waals surface area contributed by atoms with Crippen LogP contribution in [0.5, 0.6) is 0 Å². The van der Waals surface area contributed by atoms with Crippen molar-refractivity contribution in [3.05, 3.63) is 12.7 Å². The molecule has 0 aromatic heterocycles. The zero-order valence-electron chi connectivity index (χ0n) is 11.1. The van der Waals surface area contributed by atoms with Gasteiger partial charge < -0.3 is 0 Å². The minimum Gasteiger partial charge on any atom is -0.297 e. The number of nitrogens with zero attached hydrogens (tertiary/aromatic N) is 1. The van der Waals surface area contributed by atoms with Gasteiger partial charge >= 0.3 is 0 Å². The molecule has 1 unspecified atom stereocenters. The minimum absolute atomic E-state index is 0.110. The van der Waals surface area contributed by atoms with Crippen molar-refractivity contribution in [1.29, 1.82) is 0 Å². The van der Waals surface area contributed by atoms with E-state index in [0.29, 0.717) is 11.8 Å². The fourth-order valence-corrected chi connectivity index (χ4v) is 3.01. The summed E-state index contributed by atoms with van der Waals surface area (Å²) in [5.74, 6) is 0.498. The van der Waals surface area contributed by atoms with Gasteiger partial charge in [-0.3, -0.25) is 9.69 Å². The van der Waals surface area contributed by atoms with Gasteiger partial charge in [0, 0.05) is 12.0 Å². The van der Waals surface area contributed by atoms with Crippen LogP contribution in [0.2, 0.25) is 0 Å². The summed E-state index contributed by atoms with van der Waals surface area (Å²) in [5, 5.41) is 0. The second-order valence-electron chi connectivity index (χ2n) is 5.43. The summed E-state index contributed by atoms with van der Waals surface area (Å²) in [7, 11) is 0. The van der Waals surface area contributed by atoms with Crippen molar-refractivity contribution in [2.24, 2.45) is 5.92 Å². The summed E-state index contributed by atoms with van der Waals surface area (Å²) in [5.41, 5.74) is -0.260. The Labute approximate surface area is 99.7 Å². The van der Waals surface area contributed by atoms with Crippen LogP contribution < -0.4 is 0 Å². The maximum Gasteiger partial charge on any atom is 0.155 e. The van der Waals surface area contributed by atoms with Crippen LogP contribution in [0.1, 0.15) is 47.0 Å². The lowest BCUT2D eigenvalue weighted by atomic mass is 9.81. The number of hydrogen-bond donors (Lipinski definition) is 0. The summed E-state index contributed by atoms with van der Waals surface area (Å²) < 4.78 is 0. The van der Waals surface area contributed by atoms with Gasteiger partial charge in [0.05, 0.1) is 5.54 Å². The van der Waals surface area contributed by atoms with E-state index in [1.807, 2.05) is 19.9 Å². The van der Waals surface area contributed by atoms with E-state index in [1.165, 1.54) is 0 Å². The van der Waals surface area contributed by atoms with Crippen LogP contribution in [0.25, 0.3) is 0 Å². The van der Waals surface area contributed by atoms with Crippen molar-refractivity contribution in [3.63, 3.8) is 0 Å². The van der Waals surface area contributed by atoms with Gasteiger partial charge in [0.2, 0.25) is 0 Å². The van der Waals surface area contributed by atoms with Gasteiger partial charge in [0.15, 0.2) is 5.78 Å². The van der Waals surface area contributed by atoms with Crippen LogP contribution in [-0.2, 0) is 4.79 Å². The van der Waals surface area contributed by atoms with Gasteiger partial charge in [-0.25, -0.2) is 0 Å². The standard InChI is InChI=1S/C14H25NO/c1-6-8-14(13(16)11(2)3)9-7-10-15(14)12(4)5/h6,11-12H,1,7-10H2,2-5H3. The predicted molar refractivity (Wildman–Crippen MR) is 68.5 cm³/mol. The van der Waals surface area contributed by atoms with E-state index in [-0.39, 0.29) is 11.5 Å². The van der Waals surface area contributed by atoms with E-state index < -0.39 is 0 Å². The largest absolute Gasteiger partial charge is 0.297 e. The Morgan fingerprint density at radius 3 is 2.50 bits per heavy atom. The third-order valence-corrected chi connectivity index (χ3v) is 3.63. The maximum absolute atomic E-state index is 12.5. The second-order valence-corrected chi connectivity index (χ2v) is 5.43. The molecule has 0 aromatic carbocycles. The Kier molecular flexibility index (Phi) is 4.31. The molecule has 0 amide bonds. The Morgan fingerprint density at radius 2 is 2.06 bits per heavy atom. The highest BCUT2D eigenvalue weighted by Crippen LogP contribution is 2.37. The van der Waals surface area contributed by atoms with Crippen LogP contribution in [0.3, 0.4) is 0 Å². The van der Waals surface area contributed by atoms with E-state index in [0.717, 1.165) is 25.8 Å². The highest BCUT2D eigenvalue weighted by molar-refractivity contribution is 5.90. The van der Waals surface area contributed by atoms with Crippen molar-refractivity contribution in [1.82, 2.24) is 4.90 Å². The lowest BCUT2D eigenvalue weighted by molar-refractivity contribution is -0.133. The Hall–Kier alpha value is -0.630. The number of Topliss-reactive ketones (excluding diaryl/α,β-unsaturated/α-hetero) is 1. The van der Waals surface area contributed by atoms with Gasteiger partial charge in [0.1, 0.15) is 0 Å². The SMILES string of the molecule is C=CCC1(C(=O)C(C)C)CCCN1C(C)C. The minimum atomic E-state index is -0.260. The summed E-state index contributed by atoms with van der Waals surface area (Å²) in [6.07, 6.45) is 4.82. The number of hydrogen-bond acceptors (Lipinski definition) is 2. The first-order valence-electron chi connectivity index (χ1n) is 6.37. The molecule has 0 aromatic rings. The summed E-state index contributed by atoms with van der Waals surface area (Å²) in [4.78, 5) is 14.9. The molecule has 1 saturated heterocycles. The molecule has 1 rings (SSSR count). The normalized spacial score (nSPS) is 26.6. The molecule has 2 heteroatoms. The van der Waals surface area contributed by atoms with Crippen molar-refractivity contribution in [2.75, 3.05) is 6.54 Å². The number of rotatable bonds is 5. The van der Waals surface area contributed by atoms with E-state index in [1.54, 1.807) is 0 Å². The van der Waals surface area contributed by atoms with Crippen LogP contribution in [0, 0.1) is 5.92 Å². The van der Waals surface area contributed by atoms with E-state index >= 15 is 0 Å². The molecule has 0 spiro atoms. The van der Waals surface area contributed by atoms with Gasteiger partial charge in [-0.15, -0.1) is 6.58 Å². The fourth-order valence-electron chi connectivity index (χ4n) is 3.01. The Bertz CT molecular complexity index is 270. The molecule has 92 valence electrons. The predicted octanol–water partition coefficient (Wildman–Crippen LogP) is 3.03. The van der Waals surface area contributed by atoms with Gasteiger partial charge in [-0.1, -0.05) is 19.9 Å². The van der Waals surface area contributed by atoms with Crippen molar-refractivity contribution in [3.8, 4) is 0 Å². The summed E-state index contributed by atoms with van der Waals surface area (Å²) in [6.45, 7) is 13.2. The molecule has 1 heterocycles. The molecule has 16 heavy (non-hydrogen) atoms. The first-order chi connectivity index (χ1) is 7.45. The van der Waals surface area contributed by atoms with Gasteiger partial charge in [0.25, 0.3) is 0 Å². The quantitative estimate of drug-likeness (QED) is 0.668. The van der Waals surface area contributed by atoms with E-state index in [4.69, 9.17) is 0 Å². The zero-order valence-corrected chi connectivity index (χ0v) is 11.1. The average molecular weight is 223 g/mol. The molecule has 0 saturated carbocycles. The second kappa shape index (κ2) is 5.13. The molecule has 1 aliphatic rings. The van der Waals surface area contributed by atoms with Crippen LogP contribution in [0.4, 0.5) is 0 Å².